The number of rotatable bonds is 6. The first-order valence-corrected chi connectivity index (χ1v) is 10.5. The second-order valence-electron chi connectivity index (χ2n) is 6.13. The minimum absolute atomic E-state index is 0.0331. The highest BCUT2D eigenvalue weighted by Gasteiger charge is 2.12. The monoisotopic (exact) mass is 434 g/mol. The molecule has 0 aliphatic rings. The molecule has 0 aliphatic heterocycles. The number of fused-ring (bicyclic) bond motifs is 1. The Kier molecular flexibility index (Phi) is 7.34. The van der Waals surface area contributed by atoms with Crippen molar-refractivity contribution in [1.82, 2.24) is 15.0 Å². The van der Waals surface area contributed by atoms with Crippen LogP contribution in [0.5, 0.6) is 0 Å². The maximum absolute atomic E-state index is 11.0. The highest BCUT2D eigenvalue weighted by atomic mass is 32.2. The summed E-state index contributed by atoms with van der Waals surface area (Å²) in [6, 6.07) is 17.7. The van der Waals surface area contributed by atoms with Gasteiger partial charge in [0.1, 0.15) is 0 Å². The smallest absolute Gasteiger partial charge is 0.270 e. The number of pyridine rings is 1. The highest BCUT2D eigenvalue weighted by Crippen LogP contribution is 2.30. The van der Waals surface area contributed by atoms with Gasteiger partial charge in [-0.15, -0.1) is 0 Å². The molecule has 0 saturated carbocycles. The van der Waals surface area contributed by atoms with Crippen LogP contribution in [0.25, 0.3) is 11.0 Å². The number of hydrogen-bond acceptors (Lipinski definition) is 8. The van der Waals surface area contributed by atoms with Crippen molar-refractivity contribution in [2.75, 3.05) is 10.0 Å². The van der Waals surface area contributed by atoms with E-state index in [0.29, 0.717) is 16.5 Å². The normalized spacial score (nSPS) is 10.2. The molecule has 4 aromatic rings. The van der Waals surface area contributed by atoms with Gasteiger partial charge in [-0.1, -0.05) is 32.0 Å². The molecule has 2 N–H and O–H groups in total. The fraction of sp³-hybridized carbons (Fsp3) is 0.136. The lowest BCUT2D eigenvalue weighted by Gasteiger charge is -2.14. The van der Waals surface area contributed by atoms with E-state index in [1.165, 1.54) is 24.1 Å². The zero-order chi connectivity index (χ0) is 22.2. The molecule has 0 radical (unpaired) electrons. The third-order valence-corrected chi connectivity index (χ3v) is 4.91. The van der Waals surface area contributed by atoms with Crippen LogP contribution in [-0.4, -0.2) is 19.9 Å². The highest BCUT2D eigenvalue weighted by molar-refractivity contribution is 8.00. The van der Waals surface area contributed by atoms with E-state index >= 15 is 0 Å². The molecule has 2 heterocycles. The van der Waals surface area contributed by atoms with E-state index in [2.05, 4.69) is 25.0 Å². The van der Waals surface area contributed by atoms with Crippen molar-refractivity contribution in [3.63, 3.8) is 0 Å². The topological polar surface area (TPSA) is 106 Å². The minimum atomic E-state index is -0.419. The molecule has 9 heteroatoms. The van der Waals surface area contributed by atoms with Crippen LogP contribution < -0.4 is 10.0 Å². The number of anilines is 3. The van der Waals surface area contributed by atoms with Crippen LogP contribution in [0.1, 0.15) is 19.5 Å². The van der Waals surface area contributed by atoms with Gasteiger partial charge >= 0.3 is 0 Å². The molecular formula is C22H22N6O2S. The van der Waals surface area contributed by atoms with Crippen molar-refractivity contribution < 1.29 is 4.92 Å². The predicted octanol–water partition coefficient (Wildman–Crippen LogP) is 6.13. The van der Waals surface area contributed by atoms with Gasteiger partial charge in [0, 0.05) is 23.2 Å². The molecule has 0 aliphatic carbocycles. The fourth-order valence-electron chi connectivity index (χ4n) is 2.67. The summed E-state index contributed by atoms with van der Waals surface area (Å²) in [6.07, 6.45) is 1.73. The van der Waals surface area contributed by atoms with Crippen molar-refractivity contribution in [2.24, 2.45) is 0 Å². The van der Waals surface area contributed by atoms with Gasteiger partial charge in [-0.25, -0.2) is 9.97 Å². The van der Waals surface area contributed by atoms with E-state index in [1.807, 2.05) is 57.2 Å². The van der Waals surface area contributed by atoms with Crippen molar-refractivity contribution in [1.29, 1.82) is 0 Å². The summed E-state index contributed by atoms with van der Waals surface area (Å²) in [5.74, 6) is 1.06. The SMILES string of the molecule is CC.Cc1ncccc1Nc1nc2ccccc2nc1NSc1cccc([N+](=O)[O-])c1. The summed E-state index contributed by atoms with van der Waals surface area (Å²) >= 11 is 1.23. The summed E-state index contributed by atoms with van der Waals surface area (Å²) in [4.78, 5) is 24.9. The second kappa shape index (κ2) is 10.4. The van der Waals surface area contributed by atoms with Crippen LogP contribution in [0.3, 0.4) is 0 Å². The van der Waals surface area contributed by atoms with Crippen molar-refractivity contribution >= 4 is 46.0 Å². The molecule has 8 nitrogen and oxygen atoms in total. The second-order valence-corrected chi connectivity index (χ2v) is 7.01. The van der Waals surface area contributed by atoms with Gasteiger partial charge in [-0.2, -0.15) is 0 Å². The van der Waals surface area contributed by atoms with Gasteiger partial charge < -0.3 is 10.0 Å². The van der Waals surface area contributed by atoms with Gasteiger partial charge in [0.15, 0.2) is 11.6 Å². The van der Waals surface area contributed by atoms with E-state index in [9.17, 15) is 10.1 Å². The number of nitro groups is 1. The lowest BCUT2D eigenvalue weighted by atomic mass is 10.3. The standard InChI is InChI=1S/C20H16N6O2S.C2H6/c1-13-16(10-5-11-21-13)22-19-20(24-18-9-3-2-8-17(18)23-19)25-29-15-7-4-6-14(12-15)26(27)28;1-2/h2-12H,1H3,(H,22,23)(H,24,25);1-2H3. The van der Waals surface area contributed by atoms with Crippen molar-refractivity contribution in [2.45, 2.75) is 25.7 Å². The number of hydrogen-bond donors (Lipinski definition) is 2. The Labute approximate surface area is 184 Å². The summed E-state index contributed by atoms with van der Waals surface area (Å²) < 4.78 is 3.17. The van der Waals surface area contributed by atoms with Crippen LogP contribution in [0.15, 0.2) is 71.8 Å². The number of nitrogens with zero attached hydrogens (tertiary/aromatic N) is 4. The van der Waals surface area contributed by atoms with Crippen molar-refractivity contribution in [3.05, 3.63) is 82.7 Å². The molecule has 0 saturated heterocycles. The van der Waals surface area contributed by atoms with Crippen LogP contribution in [-0.2, 0) is 0 Å². The van der Waals surface area contributed by atoms with Gasteiger partial charge in [0.05, 0.1) is 27.3 Å². The number of para-hydroxylation sites is 2. The Morgan fingerprint density at radius 2 is 1.65 bits per heavy atom. The first-order valence-electron chi connectivity index (χ1n) is 9.73. The molecule has 0 atom stereocenters. The van der Waals surface area contributed by atoms with Gasteiger partial charge in [-0.05, 0) is 49.2 Å². The Hall–Kier alpha value is -3.72. The van der Waals surface area contributed by atoms with E-state index in [4.69, 9.17) is 0 Å². The zero-order valence-electron chi connectivity index (χ0n) is 17.4. The number of benzene rings is 2. The number of nitrogens with one attached hydrogen (secondary N) is 2. The fourth-order valence-corrected chi connectivity index (χ4v) is 3.35. The lowest BCUT2D eigenvalue weighted by molar-refractivity contribution is -0.385. The van der Waals surface area contributed by atoms with Crippen molar-refractivity contribution in [3.8, 4) is 0 Å². The minimum Gasteiger partial charge on any atom is -0.336 e. The molecular weight excluding hydrogens is 412 g/mol. The molecule has 2 aromatic heterocycles. The number of nitro benzene ring substituents is 1. The zero-order valence-corrected chi connectivity index (χ0v) is 18.2. The third-order valence-electron chi connectivity index (χ3n) is 4.12. The molecule has 0 spiro atoms. The molecule has 158 valence electrons. The lowest BCUT2D eigenvalue weighted by Crippen LogP contribution is -2.03. The van der Waals surface area contributed by atoms with Crippen LogP contribution >= 0.6 is 11.9 Å². The van der Waals surface area contributed by atoms with E-state index in [1.54, 1.807) is 18.3 Å². The Morgan fingerprint density at radius 3 is 2.32 bits per heavy atom. The molecule has 2 aromatic carbocycles. The third kappa shape index (κ3) is 5.46. The number of non-ortho nitro benzene ring substituents is 1. The van der Waals surface area contributed by atoms with E-state index in [-0.39, 0.29) is 5.69 Å². The molecule has 0 bridgehead atoms. The predicted molar refractivity (Wildman–Crippen MR) is 126 cm³/mol. The van der Waals surface area contributed by atoms with Gasteiger partial charge in [0.25, 0.3) is 5.69 Å². The summed E-state index contributed by atoms with van der Waals surface area (Å²) in [7, 11) is 0. The molecule has 4 rings (SSSR count). The molecule has 0 fully saturated rings. The Bertz CT molecular complexity index is 1200. The molecule has 0 amide bonds. The average molecular weight is 435 g/mol. The molecule has 0 unspecified atom stereocenters. The first-order chi connectivity index (χ1) is 15.1. The van der Waals surface area contributed by atoms with Gasteiger partial charge in [0.2, 0.25) is 0 Å². The largest absolute Gasteiger partial charge is 0.336 e. The summed E-state index contributed by atoms with van der Waals surface area (Å²) in [5.41, 5.74) is 3.18. The Morgan fingerprint density at radius 1 is 0.935 bits per heavy atom. The Balaban J connectivity index is 0.00000132. The molecule has 31 heavy (non-hydrogen) atoms. The first kappa shape index (κ1) is 22.0. The summed E-state index contributed by atoms with van der Waals surface area (Å²) in [6.45, 7) is 5.90. The van der Waals surface area contributed by atoms with Crippen LogP contribution in [0.4, 0.5) is 23.0 Å². The van der Waals surface area contributed by atoms with Crippen LogP contribution in [0, 0.1) is 17.0 Å². The maximum atomic E-state index is 11.0. The number of aromatic nitrogens is 3. The maximum Gasteiger partial charge on any atom is 0.270 e. The van der Waals surface area contributed by atoms with E-state index in [0.717, 1.165) is 22.4 Å². The number of aryl methyl sites for hydroxylation is 1. The van der Waals surface area contributed by atoms with Gasteiger partial charge in [-0.3, -0.25) is 15.1 Å². The summed E-state index contributed by atoms with van der Waals surface area (Å²) in [5, 5.41) is 14.3. The van der Waals surface area contributed by atoms with E-state index < -0.39 is 4.92 Å². The van der Waals surface area contributed by atoms with Crippen LogP contribution in [0.2, 0.25) is 0 Å². The average Bonchev–Trinajstić information content (AvgIpc) is 2.80. The quantitative estimate of drug-likeness (QED) is 0.212.